The number of hydrogen-bond donors (Lipinski definition) is 1. The number of esters is 1. The topological polar surface area (TPSA) is 55.4 Å². The van der Waals surface area contributed by atoms with Gasteiger partial charge in [-0.15, -0.1) is 0 Å². The molecule has 0 atom stereocenters. The van der Waals surface area contributed by atoms with Crippen molar-refractivity contribution in [2.75, 3.05) is 6.61 Å². The fraction of sp³-hybridized carbons (Fsp3) is 0.579. The van der Waals surface area contributed by atoms with E-state index in [2.05, 4.69) is 21.2 Å². The van der Waals surface area contributed by atoms with Gasteiger partial charge in [0.05, 0.1) is 5.56 Å². The lowest BCUT2D eigenvalue weighted by Crippen LogP contribution is -2.60. The first kappa shape index (κ1) is 16.1. The van der Waals surface area contributed by atoms with E-state index in [1.807, 2.05) is 0 Å². The quantitative estimate of drug-likeness (QED) is 0.796. The molecule has 1 N–H and O–H groups in total. The minimum atomic E-state index is -0.455. The second-order valence-corrected chi connectivity index (χ2v) is 8.74. The van der Waals surface area contributed by atoms with Crippen LogP contribution >= 0.6 is 15.9 Å². The molecule has 128 valence electrons. The molecule has 0 aromatic heterocycles. The molecule has 0 spiro atoms. The highest BCUT2D eigenvalue weighted by Crippen LogP contribution is 2.55. The summed E-state index contributed by atoms with van der Waals surface area (Å²) in [7, 11) is 0. The number of ether oxygens (including phenoxy) is 1. The molecule has 4 saturated carbocycles. The normalized spacial score (nSPS) is 33.3. The molecule has 0 unspecified atom stereocenters. The lowest BCUT2D eigenvalue weighted by Gasteiger charge is -2.56. The van der Waals surface area contributed by atoms with Gasteiger partial charge in [-0.05, 0) is 80.5 Å². The summed E-state index contributed by atoms with van der Waals surface area (Å²) < 4.78 is 6.08. The van der Waals surface area contributed by atoms with Crippen LogP contribution in [-0.2, 0) is 9.53 Å². The molecule has 4 aliphatic rings. The highest BCUT2D eigenvalue weighted by atomic mass is 79.9. The minimum absolute atomic E-state index is 0.0319. The van der Waals surface area contributed by atoms with E-state index in [1.54, 1.807) is 24.3 Å². The van der Waals surface area contributed by atoms with Crippen LogP contribution in [0.3, 0.4) is 0 Å². The van der Waals surface area contributed by atoms with E-state index in [4.69, 9.17) is 4.74 Å². The predicted molar refractivity (Wildman–Crippen MR) is 93.5 cm³/mol. The summed E-state index contributed by atoms with van der Waals surface area (Å²) in [4.78, 5) is 24.3. The first-order valence-electron chi connectivity index (χ1n) is 8.75. The minimum Gasteiger partial charge on any atom is -0.452 e. The predicted octanol–water partition coefficient (Wildman–Crippen LogP) is 3.69. The maximum Gasteiger partial charge on any atom is 0.338 e. The molecule has 1 aromatic rings. The van der Waals surface area contributed by atoms with E-state index in [-0.39, 0.29) is 18.1 Å². The van der Waals surface area contributed by atoms with Crippen molar-refractivity contribution in [1.29, 1.82) is 0 Å². The van der Waals surface area contributed by atoms with Crippen molar-refractivity contribution in [3.8, 4) is 0 Å². The number of hydrogen-bond acceptors (Lipinski definition) is 3. The van der Waals surface area contributed by atoms with E-state index < -0.39 is 5.97 Å². The van der Waals surface area contributed by atoms with E-state index in [0.717, 1.165) is 41.5 Å². The molecule has 1 aromatic carbocycles. The number of carbonyl (C=O) groups excluding carboxylic acids is 2. The molecular formula is C19H22BrNO3. The van der Waals surface area contributed by atoms with Gasteiger partial charge in [-0.2, -0.15) is 0 Å². The van der Waals surface area contributed by atoms with Crippen molar-refractivity contribution in [3.63, 3.8) is 0 Å². The van der Waals surface area contributed by atoms with Gasteiger partial charge in [-0.3, -0.25) is 4.79 Å². The first-order chi connectivity index (χ1) is 11.5. The maximum absolute atomic E-state index is 12.3. The Labute approximate surface area is 150 Å². The fourth-order valence-corrected chi connectivity index (χ4v) is 5.66. The Kier molecular flexibility index (Phi) is 4.15. The zero-order chi connectivity index (χ0) is 16.7. The molecule has 4 fully saturated rings. The summed E-state index contributed by atoms with van der Waals surface area (Å²) in [5.74, 6) is 1.72. The molecule has 0 radical (unpaired) electrons. The van der Waals surface area contributed by atoms with Crippen LogP contribution in [0.1, 0.15) is 48.9 Å². The van der Waals surface area contributed by atoms with Gasteiger partial charge in [-0.25, -0.2) is 4.79 Å². The van der Waals surface area contributed by atoms with Gasteiger partial charge in [0.1, 0.15) is 0 Å². The summed E-state index contributed by atoms with van der Waals surface area (Å²) in [6.45, 7) is -0.198. The third kappa shape index (κ3) is 3.23. The van der Waals surface area contributed by atoms with Crippen LogP contribution in [0.2, 0.25) is 0 Å². The lowest BCUT2D eigenvalue weighted by atomic mass is 9.53. The van der Waals surface area contributed by atoms with Crippen molar-refractivity contribution >= 4 is 27.8 Å². The molecule has 4 bridgehead atoms. The van der Waals surface area contributed by atoms with Crippen LogP contribution in [0, 0.1) is 17.8 Å². The van der Waals surface area contributed by atoms with Crippen LogP contribution < -0.4 is 5.32 Å². The molecule has 0 aliphatic heterocycles. The third-order valence-corrected chi connectivity index (χ3v) is 6.39. The van der Waals surface area contributed by atoms with Gasteiger partial charge in [-0.1, -0.05) is 15.9 Å². The molecule has 0 saturated heterocycles. The number of benzene rings is 1. The summed E-state index contributed by atoms with van der Waals surface area (Å²) in [6, 6.07) is 6.94. The summed E-state index contributed by atoms with van der Waals surface area (Å²) in [5, 5.41) is 3.22. The standard InChI is InChI=1S/C19H22BrNO3/c20-16-3-1-15(2-4-16)18(23)24-11-17(22)21-19-8-12-5-13(9-19)7-14(6-12)10-19/h1-4,12-14H,5-11H2,(H,21,22). The third-order valence-electron chi connectivity index (χ3n) is 5.86. The Morgan fingerprint density at radius 3 is 2.12 bits per heavy atom. The molecule has 5 rings (SSSR count). The maximum atomic E-state index is 12.3. The Morgan fingerprint density at radius 2 is 1.58 bits per heavy atom. The van der Waals surface area contributed by atoms with E-state index in [0.29, 0.717) is 5.56 Å². The molecule has 1 amide bonds. The Balaban J connectivity index is 1.32. The van der Waals surface area contributed by atoms with E-state index in [9.17, 15) is 9.59 Å². The van der Waals surface area contributed by atoms with Gasteiger partial charge in [0.2, 0.25) is 0 Å². The number of rotatable bonds is 4. The second kappa shape index (κ2) is 6.17. The summed E-state index contributed by atoms with van der Waals surface area (Å²) >= 11 is 3.33. The van der Waals surface area contributed by atoms with Crippen LogP contribution in [-0.4, -0.2) is 24.0 Å². The average Bonchev–Trinajstić information content (AvgIpc) is 2.51. The Hall–Kier alpha value is -1.36. The molecule has 0 heterocycles. The first-order valence-corrected chi connectivity index (χ1v) is 9.54. The summed E-state index contributed by atoms with van der Waals surface area (Å²) in [5.41, 5.74) is 0.427. The zero-order valence-electron chi connectivity index (χ0n) is 13.6. The second-order valence-electron chi connectivity index (χ2n) is 7.83. The largest absolute Gasteiger partial charge is 0.452 e. The smallest absolute Gasteiger partial charge is 0.338 e. The van der Waals surface area contributed by atoms with Crippen molar-refractivity contribution in [2.45, 2.75) is 44.1 Å². The van der Waals surface area contributed by atoms with Gasteiger partial charge in [0.15, 0.2) is 6.61 Å². The van der Waals surface area contributed by atoms with Crippen LogP contribution in [0.5, 0.6) is 0 Å². The fourth-order valence-electron chi connectivity index (χ4n) is 5.40. The Bertz CT molecular complexity index is 620. The van der Waals surface area contributed by atoms with Crippen LogP contribution in [0.25, 0.3) is 0 Å². The van der Waals surface area contributed by atoms with Crippen molar-refractivity contribution in [3.05, 3.63) is 34.3 Å². The monoisotopic (exact) mass is 391 g/mol. The van der Waals surface area contributed by atoms with Crippen molar-refractivity contribution < 1.29 is 14.3 Å². The highest BCUT2D eigenvalue weighted by molar-refractivity contribution is 9.10. The van der Waals surface area contributed by atoms with E-state index >= 15 is 0 Å². The number of halogens is 1. The molecule has 4 nitrogen and oxygen atoms in total. The average molecular weight is 392 g/mol. The van der Waals surface area contributed by atoms with Crippen LogP contribution in [0.15, 0.2) is 28.7 Å². The molecular weight excluding hydrogens is 370 g/mol. The number of nitrogens with one attached hydrogen (secondary N) is 1. The Morgan fingerprint density at radius 1 is 1.04 bits per heavy atom. The molecule has 24 heavy (non-hydrogen) atoms. The van der Waals surface area contributed by atoms with Gasteiger partial charge in [0.25, 0.3) is 5.91 Å². The van der Waals surface area contributed by atoms with E-state index in [1.165, 1.54) is 19.3 Å². The highest BCUT2D eigenvalue weighted by Gasteiger charge is 2.51. The SMILES string of the molecule is O=C(COC(=O)c1ccc(Br)cc1)NC12CC3CC(CC(C3)C1)C2. The zero-order valence-corrected chi connectivity index (χ0v) is 15.2. The van der Waals surface area contributed by atoms with Gasteiger partial charge >= 0.3 is 5.97 Å². The molecule has 5 heteroatoms. The van der Waals surface area contributed by atoms with Crippen molar-refractivity contribution in [2.24, 2.45) is 17.8 Å². The lowest BCUT2D eigenvalue weighted by molar-refractivity contribution is -0.130. The number of amides is 1. The van der Waals surface area contributed by atoms with Gasteiger partial charge in [0, 0.05) is 10.0 Å². The summed E-state index contributed by atoms with van der Waals surface area (Å²) in [6.07, 6.45) is 7.33. The van der Waals surface area contributed by atoms with Gasteiger partial charge < -0.3 is 10.1 Å². The molecule has 4 aliphatic carbocycles. The van der Waals surface area contributed by atoms with Crippen LogP contribution in [0.4, 0.5) is 0 Å². The van der Waals surface area contributed by atoms with Crippen molar-refractivity contribution in [1.82, 2.24) is 5.32 Å². The number of carbonyl (C=O) groups is 2.